The molecule has 2 aliphatic rings. The predicted octanol–water partition coefficient (Wildman–Crippen LogP) is 1.69. The van der Waals surface area contributed by atoms with Crippen molar-refractivity contribution >= 4 is 11.9 Å². The van der Waals surface area contributed by atoms with Gasteiger partial charge in [0.25, 0.3) is 5.91 Å². The molecule has 0 aliphatic heterocycles. The van der Waals surface area contributed by atoms with Gasteiger partial charge in [-0.3, -0.25) is 9.59 Å². The Labute approximate surface area is 111 Å². The Bertz CT molecular complexity index is 538. The molecule has 1 fully saturated rings. The van der Waals surface area contributed by atoms with Crippen LogP contribution in [0.15, 0.2) is 42.5 Å². The highest BCUT2D eigenvalue weighted by Crippen LogP contribution is 2.43. The van der Waals surface area contributed by atoms with Crippen LogP contribution in [0, 0.1) is 17.8 Å². The highest BCUT2D eigenvalue weighted by molar-refractivity contribution is 5.94. The quantitative estimate of drug-likeness (QED) is 0.810. The van der Waals surface area contributed by atoms with Gasteiger partial charge in [0.2, 0.25) is 0 Å². The van der Waals surface area contributed by atoms with Crippen LogP contribution in [0.5, 0.6) is 0 Å². The smallest absolute Gasteiger partial charge is 0.309 e. The maximum absolute atomic E-state index is 12.1. The number of carboxylic acid groups (broad SMARTS) is 1. The number of benzene rings is 1. The van der Waals surface area contributed by atoms with Crippen molar-refractivity contribution in [1.82, 2.24) is 5.32 Å². The minimum absolute atomic E-state index is 0.0589. The van der Waals surface area contributed by atoms with Gasteiger partial charge in [0.15, 0.2) is 0 Å². The molecule has 2 bridgehead atoms. The summed E-state index contributed by atoms with van der Waals surface area (Å²) in [4.78, 5) is 23.5. The van der Waals surface area contributed by atoms with Crippen molar-refractivity contribution in [2.45, 2.75) is 12.5 Å². The van der Waals surface area contributed by atoms with E-state index in [-0.39, 0.29) is 23.8 Å². The number of hydrogen-bond acceptors (Lipinski definition) is 2. The van der Waals surface area contributed by atoms with Gasteiger partial charge < -0.3 is 10.4 Å². The van der Waals surface area contributed by atoms with E-state index in [0.29, 0.717) is 5.56 Å². The molecule has 19 heavy (non-hydrogen) atoms. The van der Waals surface area contributed by atoms with E-state index in [0.717, 1.165) is 6.42 Å². The standard InChI is InChI=1S/C15H15NO3/c17-14(9-4-2-1-3-5-9)16-13-11-7-6-10(8-11)12(13)15(18)19/h1-7,10-13H,8H2,(H,16,17)(H,18,19)/t10-,11+,12-,13+/m0/s1. The number of carbonyl (C=O) groups excluding carboxylic acids is 1. The van der Waals surface area contributed by atoms with Gasteiger partial charge >= 0.3 is 5.97 Å². The molecule has 0 heterocycles. The number of carbonyl (C=O) groups is 2. The maximum atomic E-state index is 12.1. The topological polar surface area (TPSA) is 66.4 Å². The van der Waals surface area contributed by atoms with Gasteiger partial charge in [0.05, 0.1) is 5.92 Å². The first kappa shape index (κ1) is 12.0. The van der Waals surface area contributed by atoms with Gasteiger partial charge in [-0.05, 0) is 30.4 Å². The molecule has 4 nitrogen and oxygen atoms in total. The van der Waals surface area contributed by atoms with Crippen molar-refractivity contribution in [3.63, 3.8) is 0 Å². The predicted molar refractivity (Wildman–Crippen MR) is 69.6 cm³/mol. The van der Waals surface area contributed by atoms with Crippen LogP contribution in [0.3, 0.4) is 0 Å². The summed E-state index contributed by atoms with van der Waals surface area (Å²) in [6.45, 7) is 0. The lowest BCUT2D eigenvalue weighted by molar-refractivity contribution is -0.143. The molecule has 3 rings (SSSR count). The van der Waals surface area contributed by atoms with Crippen LogP contribution in [-0.4, -0.2) is 23.0 Å². The van der Waals surface area contributed by atoms with E-state index in [1.54, 1.807) is 24.3 Å². The third-order valence-corrected chi connectivity index (χ3v) is 4.08. The summed E-state index contributed by atoms with van der Waals surface area (Å²) in [5, 5.41) is 12.2. The van der Waals surface area contributed by atoms with Crippen molar-refractivity contribution in [3.8, 4) is 0 Å². The Hall–Kier alpha value is -2.10. The molecular weight excluding hydrogens is 242 g/mol. The van der Waals surface area contributed by atoms with Crippen molar-refractivity contribution in [2.75, 3.05) is 0 Å². The molecule has 4 heteroatoms. The van der Waals surface area contributed by atoms with Crippen LogP contribution in [0.25, 0.3) is 0 Å². The van der Waals surface area contributed by atoms with Gasteiger partial charge in [0.1, 0.15) is 0 Å². The SMILES string of the molecule is O=C(N[C@H]1[C@@H](C(=O)O)[C@H]2C=C[C@@H]1C2)c1ccccc1. The molecule has 0 saturated heterocycles. The van der Waals surface area contributed by atoms with Crippen LogP contribution >= 0.6 is 0 Å². The Morgan fingerprint density at radius 2 is 1.79 bits per heavy atom. The van der Waals surface area contributed by atoms with Crippen LogP contribution in [0.4, 0.5) is 0 Å². The lowest BCUT2D eigenvalue weighted by Crippen LogP contribution is -2.45. The molecule has 0 radical (unpaired) electrons. The monoisotopic (exact) mass is 257 g/mol. The van der Waals surface area contributed by atoms with Crippen molar-refractivity contribution in [2.24, 2.45) is 17.8 Å². The van der Waals surface area contributed by atoms with E-state index in [1.165, 1.54) is 0 Å². The van der Waals surface area contributed by atoms with Gasteiger partial charge in [-0.15, -0.1) is 0 Å². The average Bonchev–Trinajstić information content (AvgIpc) is 3.00. The van der Waals surface area contributed by atoms with Crippen LogP contribution in [0.1, 0.15) is 16.8 Å². The molecule has 1 saturated carbocycles. The zero-order valence-corrected chi connectivity index (χ0v) is 10.3. The third-order valence-electron chi connectivity index (χ3n) is 4.08. The zero-order valence-electron chi connectivity index (χ0n) is 10.3. The van der Waals surface area contributed by atoms with Crippen molar-refractivity contribution in [3.05, 3.63) is 48.0 Å². The molecule has 1 aromatic rings. The van der Waals surface area contributed by atoms with E-state index < -0.39 is 11.9 Å². The molecule has 0 unspecified atom stereocenters. The minimum atomic E-state index is -0.824. The Morgan fingerprint density at radius 3 is 2.47 bits per heavy atom. The lowest BCUT2D eigenvalue weighted by Gasteiger charge is -2.25. The van der Waals surface area contributed by atoms with Crippen molar-refractivity contribution < 1.29 is 14.7 Å². The van der Waals surface area contributed by atoms with Gasteiger partial charge in [0, 0.05) is 11.6 Å². The highest BCUT2D eigenvalue weighted by Gasteiger charge is 2.48. The average molecular weight is 257 g/mol. The Balaban J connectivity index is 1.78. The van der Waals surface area contributed by atoms with Crippen LogP contribution < -0.4 is 5.32 Å². The van der Waals surface area contributed by atoms with Crippen LogP contribution in [-0.2, 0) is 4.79 Å². The normalized spacial score (nSPS) is 31.4. The van der Waals surface area contributed by atoms with Crippen LogP contribution in [0.2, 0.25) is 0 Å². The maximum Gasteiger partial charge on any atom is 0.309 e. The fraction of sp³-hybridized carbons (Fsp3) is 0.333. The Morgan fingerprint density at radius 1 is 1.11 bits per heavy atom. The number of rotatable bonds is 3. The minimum Gasteiger partial charge on any atom is -0.481 e. The summed E-state index contributed by atoms with van der Waals surface area (Å²) in [7, 11) is 0. The number of nitrogens with one attached hydrogen (secondary N) is 1. The summed E-state index contributed by atoms with van der Waals surface area (Å²) in [5.74, 6) is -1.31. The fourth-order valence-electron chi connectivity index (χ4n) is 3.18. The van der Waals surface area contributed by atoms with Gasteiger partial charge in [-0.2, -0.15) is 0 Å². The summed E-state index contributed by atoms with van der Waals surface area (Å²) in [6.07, 6.45) is 4.82. The molecule has 1 amide bonds. The molecule has 2 N–H and O–H groups in total. The highest BCUT2D eigenvalue weighted by atomic mass is 16.4. The summed E-state index contributed by atoms with van der Waals surface area (Å²) < 4.78 is 0. The molecule has 2 aliphatic carbocycles. The molecule has 0 spiro atoms. The lowest BCUT2D eigenvalue weighted by atomic mass is 9.89. The van der Waals surface area contributed by atoms with Gasteiger partial charge in [-0.1, -0.05) is 30.4 Å². The Kier molecular flexibility index (Phi) is 2.85. The number of amides is 1. The first-order valence-electron chi connectivity index (χ1n) is 6.44. The fourth-order valence-corrected chi connectivity index (χ4v) is 3.18. The third kappa shape index (κ3) is 2.03. The number of allylic oxidation sites excluding steroid dienone is 1. The van der Waals surface area contributed by atoms with Crippen molar-refractivity contribution in [1.29, 1.82) is 0 Å². The molecule has 1 aromatic carbocycles. The van der Waals surface area contributed by atoms with E-state index in [4.69, 9.17) is 0 Å². The van der Waals surface area contributed by atoms with E-state index in [2.05, 4.69) is 5.32 Å². The molecular formula is C15H15NO3. The summed E-state index contributed by atoms with van der Waals surface area (Å²) in [6, 6.07) is 8.61. The number of aliphatic carboxylic acids is 1. The molecule has 98 valence electrons. The van der Waals surface area contributed by atoms with Gasteiger partial charge in [-0.25, -0.2) is 0 Å². The second-order valence-electron chi connectivity index (χ2n) is 5.18. The second kappa shape index (κ2) is 4.53. The number of fused-ring (bicyclic) bond motifs is 2. The van der Waals surface area contributed by atoms with E-state index in [9.17, 15) is 14.7 Å². The first-order chi connectivity index (χ1) is 9.16. The summed E-state index contributed by atoms with van der Waals surface area (Å²) in [5.41, 5.74) is 0.568. The molecule has 4 atom stereocenters. The van der Waals surface area contributed by atoms with E-state index in [1.807, 2.05) is 18.2 Å². The number of carboxylic acids is 1. The molecule has 0 aromatic heterocycles. The zero-order chi connectivity index (χ0) is 13.4. The second-order valence-corrected chi connectivity index (χ2v) is 5.18. The largest absolute Gasteiger partial charge is 0.481 e. The first-order valence-corrected chi connectivity index (χ1v) is 6.44. The number of hydrogen-bond donors (Lipinski definition) is 2. The van der Waals surface area contributed by atoms with E-state index >= 15 is 0 Å². The summed E-state index contributed by atoms with van der Waals surface area (Å²) >= 11 is 0.